The molecule has 0 radical (unpaired) electrons. The molecule has 0 saturated carbocycles. The summed E-state index contributed by atoms with van der Waals surface area (Å²) >= 11 is 5.26. The maximum absolute atomic E-state index is 10.0. The van der Waals surface area contributed by atoms with Gasteiger partial charge < -0.3 is 14.9 Å². The molecule has 0 fully saturated rings. The smallest absolute Gasteiger partial charge is 0.268 e. The number of benzene rings is 2. The molecule has 0 aromatic heterocycles. The van der Waals surface area contributed by atoms with E-state index in [1.807, 2.05) is 6.92 Å². The normalized spacial score (nSPS) is 10.1. The van der Waals surface area contributed by atoms with E-state index >= 15 is 0 Å². The van der Waals surface area contributed by atoms with Gasteiger partial charge in [0.15, 0.2) is 0 Å². The summed E-state index contributed by atoms with van der Waals surface area (Å²) in [5, 5.41) is 19.6. The van der Waals surface area contributed by atoms with E-state index < -0.39 is 0 Å². The second-order valence-corrected chi connectivity index (χ2v) is 4.39. The number of anilines is 2. The van der Waals surface area contributed by atoms with Gasteiger partial charge in [0.05, 0.1) is 18.0 Å². The number of rotatable bonds is 3. The van der Waals surface area contributed by atoms with Crippen molar-refractivity contribution < 1.29 is 14.9 Å². The maximum Gasteiger partial charge on any atom is 0.268 e. The molecule has 0 heterocycles. The van der Waals surface area contributed by atoms with Gasteiger partial charge >= 0.3 is 0 Å². The number of thiocarbonyl (C=S) groups is 1. The molecule has 0 bridgehead atoms. The quantitative estimate of drug-likeness (QED) is 0.846. The molecule has 4 nitrogen and oxygen atoms in total. The fourth-order valence-electron chi connectivity index (χ4n) is 1.79. The second kappa shape index (κ2) is 6.25. The Balaban J connectivity index is 2.47. The van der Waals surface area contributed by atoms with E-state index in [0.29, 0.717) is 18.0 Å². The number of phenolic OH excluding ortho intramolecular Hbond substituents is 2. The third-order valence-electron chi connectivity index (χ3n) is 2.68. The first-order chi connectivity index (χ1) is 9.63. The average Bonchev–Trinajstić information content (AvgIpc) is 2.44. The highest BCUT2D eigenvalue weighted by atomic mass is 32.1. The highest BCUT2D eigenvalue weighted by Crippen LogP contribution is 2.34. The number of hydrogen-bond acceptors (Lipinski definition) is 4. The summed E-state index contributed by atoms with van der Waals surface area (Å²) in [6, 6.07) is 13.4. The number of para-hydroxylation sites is 2. The van der Waals surface area contributed by atoms with Crippen LogP contribution < -0.4 is 4.90 Å². The summed E-state index contributed by atoms with van der Waals surface area (Å²) in [7, 11) is 0. The van der Waals surface area contributed by atoms with Crippen LogP contribution in [0.5, 0.6) is 11.5 Å². The Hall–Kier alpha value is -2.27. The molecule has 0 aliphatic heterocycles. The van der Waals surface area contributed by atoms with E-state index in [1.165, 1.54) is 0 Å². The number of aromatic hydroxyl groups is 2. The standard InChI is InChI=1S/C15H15NO3S/c1-2-19-15(20)16(11-7-9-12(17)10-8-11)13-5-3-4-6-14(13)18/h3-10,17-18H,2H2,1H3. The molecule has 2 N–H and O–H groups in total. The number of nitrogens with zero attached hydrogens (tertiary/aromatic N) is 1. The Morgan fingerprint density at radius 1 is 1.10 bits per heavy atom. The Kier molecular flexibility index (Phi) is 4.42. The Morgan fingerprint density at radius 2 is 1.75 bits per heavy atom. The average molecular weight is 289 g/mol. The van der Waals surface area contributed by atoms with Crippen molar-refractivity contribution in [2.75, 3.05) is 11.5 Å². The number of ether oxygens (including phenoxy) is 1. The van der Waals surface area contributed by atoms with Crippen molar-refractivity contribution in [1.82, 2.24) is 0 Å². The fraction of sp³-hybridized carbons (Fsp3) is 0.133. The highest BCUT2D eigenvalue weighted by Gasteiger charge is 2.18. The third kappa shape index (κ3) is 3.00. The van der Waals surface area contributed by atoms with Crippen LogP contribution in [-0.2, 0) is 4.74 Å². The van der Waals surface area contributed by atoms with Crippen molar-refractivity contribution >= 4 is 28.8 Å². The van der Waals surface area contributed by atoms with Crippen LogP contribution in [0.4, 0.5) is 11.4 Å². The first-order valence-corrected chi connectivity index (χ1v) is 6.58. The lowest BCUT2D eigenvalue weighted by molar-refractivity contribution is 0.330. The van der Waals surface area contributed by atoms with E-state index in [1.54, 1.807) is 53.4 Å². The number of hydrogen-bond donors (Lipinski definition) is 2. The van der Waals surface area contributed by atoms with Gasteiger partial charge in [-0.15, -0.1) is 0 Å². The fourth-order valence-corrected chi connectivity index (χ4v) is 2.11. The van der Waals surface area contributed by atoms with Gasteiger partial charge in [-0.3, -0.25) is 4.90 Å². The van der Waals surface area contributed by atoms with Crippen molar-refractivity contribution in [3.05, 3.63) is 48.5 Å². The van der Waals surface area contributed by atoms with Gasteiger partial charge in [0, 0.05) is 0 Å². The Labute approximate surface area is 122 Å². The molecule has 5 heteroatoms. The summed E-state index contributed by atoms with van der Waals surface area (Å²) in [5.74, 6) is 0.260. The topological polar surface area (TPSA) is 52.9 Å². The molecule has 0 saturated heterocycles. The van der Waals surface area contributed by atoms with E-state index in [-0.39, 0.29) is 16.7 Å². The van der Waals surface area contributed by atoms with E-state index in [2.05, 4.69) is 0 Å². The van der Waals surface area contributed by atoms with Crippen LogP contribution in [0.3, 0.4) is 0 Å². The summed E-state index contributed by atoms with van der Waals surface area (Å²) in [5.41, 5.74) is 1.22. The molecule has 0 amide bonds. The van der Waals surface area contributed by atoms with Gasteiger partial charge in [0.1, 0.15) is 11.5 Å². The largest absolute Gasteiger partial charge is 0.508 e. The summed E-state index contributed by atoms with van der Waals surface area (Å²) in [6.07, 6.45) is 0. The lowest BCUT2D eigenvalue weighted by atomic mass is 10.2. The van der Waals surface area contributed by atoms with Gasteiger partial charge in [-0.25, -0.2) is 0 Å². The molecule has 0 spiro atoms. The zero-order valence-corrected chi connectivity index (χ0v) is 11.8. The summed E-state index contributed by atoms with van der Waals surface area (Å²) in [6.45, 7) is 2.27. The monoisotopic (exact) mass is 289 g/mol. The van der Waals surface area contributed by atoms with Gasteiger partial charge in [0.2, 0.25) is 0 Å². The SMILES string of the molecule is CCOC(=S)N(c1ccc(O)cc1)c1ccccc1O. The van der Waals surface area contributed by atoms with Crippen molar-refractivity contribution in [2.45, 2.75) is 6.92 Å². The molecule has 104 valence electrons. The van der Waals surface area contributed by atoms with Crippen LogP contribution in [0.25, 0.3) is 0 Å². The van der Waals surface area contributed by atoms with Crippen molar-refractivity contribution in [2.24, 2.45) is 0 Å². The van der Waals surface area contributed by atoms with Gasteiger partial charge in [-0.05, 0) is 55.5 Å². The number of phenols is 2. The molecule has 20 heavy (non-hydrogen) atoms. The minimum absolute atomic E-state index is 0.0997. The van der Waals surface area contributed by atoms with E-state index in [0.717, 1.165) is 0 Å². The minimum Gasteiger partial charge on any atom is -0.508 e. The predicted octanol–water partition coefficient (Wildman–Crippen LogP) is 3.56. The Morgan fingerprint density at radius 3 is 2.35 bits per heavy atom. The van der Waals surface area contributed by atoms with Crippen LogP contribution in [0.1, 0.15) is 6.92 Å². The zero-order valence-electron chi connectivity index (χ0n) is 11.0. The summed E-state index contributed by atoms with van der Waals surface area (Å²) in [4.78, 5) is 1.62. The molecule has 0 aliphatic carbocycles. The van der Waals surface area contributed by atoms with Crippen LogP contribution in [-0.4, -0.2) is 22.0 Å². The third-order valence-corrected chi connectivity index (χ3v) is 2.98. The van der Waals surface area contributed by atoms with Crippen LogP contribution in [0, 0.1) is 0 Å². The Bertz CT molecular complexity index is 598. The molecule has 0 atom stereocenters. The van der Waals surface area contributed by atoms with Crippen molar-refractivity contribution in [3.8, 4) is 11.5 Å². The van der Waals surface area contributed by atoms with Gasteiger partial charge in [-0.2, -0.15) is 0 Å². The molecule has 2 rings (SSSR count). The molecule has 2 aromatic carbocycles. The highest BCUT2D eigenvalue weighted by molar-refractivity contribution is 7.80. The van der Waals surface area contributed by atoms with Gasteiger partial charge in [-0.1, -0.05) is 12.1 Å². The van der Waals surface area contributed by atoms with Crippen LogP contribution in [0.15, 0.2) is 48.5 Å². The van der Waals surface area contributed by atoms with Crippen molar-refractivity contribution in [1.29, 1.82) is 0 Å². The first-order valence-electron chi connectivity index (χ1n) is 6.17. The van der Waals surface area contributed by atoms with Crippen LogP contribution >= 0.6 is 12.2 Å². The molecule has 0 unspecified atom stereocenters. The first kappa shape index (κ1) is 14.1. The predicted molar refractivity (Wildman–Crippen MR) is 82.6 cm³/mol. The maximum atomic E-state index is 10.0. The van der Waals surface area contributed by atoms with E-state index in [4.69, 9.17) is 17.0 Å². The lowest BCUT2D eigenvalue weighted by Crippen LogP contribution is -2.26. The molecular formula is C15H15NO3S. The molecule has 0 aliphatic rings. The molecular weight excluding hydrogens is 274 g/mol. The van der Waals surface area contributed by atoms with E-state index in [9.17, 15) is 10.2 Å². The lowest BCUT2D eigenvalue weighted by Gasteiger charge is -2.25. The zero-order chi connectivity index (χ0) is 14.5. The minimum atomic E-state index is 0.0997. The second-order valence-electron chi connectivity index (χ2n) is 4.04. The van der Waals surface area contributed by atoms with Crippen molar-refractivity contribution in [3.63, 3.8) is 0 Å². The summed E-state index contributed by atoms with van der Waals surface area (Å²) < 4.78 is 5.38. The molecule has 2 aromatic rings. The van der Waals surface area contributed by atoms with Crippen LogP contribution in [0.2, 0.25) is 0 Å². The van der Waals surface area contributed by atoms with Gasteiger partial charge in [0.25, 0.3) is 5.17 Å².